The highest BCUT2D eigenvalue weighted by molar-refractivity contribution is 5.86. The Hall–Kier alpha value is -1.69. The molecular formula is C11H16N4O2. The smallest absolute Gasteiger partial charge is 0.358 e. The third-order valence-corrected chi connectivity index (χ3v) is 2.75. The molecule has 1 saturated heterocycles. The number of ether oxygens (including phenoxy) is 1. The predicted molar refractivity (Wildman–Crippen MR) is 62.9 cm³/mol. The average Bonchev–Trinajstić information content (AvgIpc) is 2.40. The summed E-state index contributed by atoms with van der Waals surface area (Å²) in [7, 11) is 1.32. The molecule has 0 bridgehead atoms. The molecule has 0 amide bonds. The molecular weight excluding hydrogens is 220 g/mol. The maximum absolute atomic E-state index is 11.2. The molecule has 0 radical (unpaired) electrons. The fraction of sp³-hybridized carbons (Fsp3) is 0.545. The number of nitrogens with zero attached hydrogens (tertiary/aromatic N) is 2. The lowest BCUT2D eigenvalue weighted by molar-refractivity contribution is 0.0593. The Kier molecular flexibility index (Phi) is 3.87. The molecule has 0 atom stereocenters. The van der Waals surface area contributed by atoms with E-state index in [1.54, 1.807) is 12.1 Å². The summed E-state index contributed by atoms with van der Waals surface area (Å²) in [5.41, 5.74) is 0.225. The van der Waals surface area contributed by atoms with Crippen LogP contribution < -0.4 is 10.6 Å². The summed E-state index contributed by atoms with van der Waals surface area (Å²) in [6.45, 7) is 2.04. The van der Waals surface area contributed by atoms with Crippen LogP contribution in [0.25, 0.3) is 0 Å². The first-order chi connectivity index (χ1) is 8.29. The Morgan fingerprint density at radius 2 is 2.18 bits per heavy atom. The SMILES string of the molecule is COC(=O)c1ccc(NC2CCNCC2)nn1. The number of aromatic nitrogens is 2. The number of carbonyl (C=O) groups is 1. The lowest BCUT2D eigenvalue weighted by Crippen LogP contribution is -2.35. The van der Waals surface area contributed by atoms with Crippen molar-refractivity contribution in [1.29, 1.82) is 0 Å². The van der Waals surface area contributed by atoms with Gasteiger partial charge in [-0.05, 0) is 38.1 Å². The lowest BCUT2D eigenvalue weighted by atomic mass is 10.1. The standard InChI is InChI=1S/C11H16N4O2/c1-17-11(16)9-2-3-10(15-14-9)13-8-4-6-12-7-5-8/h2-3,8,12H,4-7H2,1H3,(H,13,15). The van der Waals surface area contributed by atoms with Crippen molar-refractivity contribution in [2.24, 2.45) is 0 Å². The van der Waals surface area contributed by atoms with Gasteiger partial charge in [0.1, 0.15) is 5.82 Å². The van der Waals surface area contributed by atoms with Gasteiger partial charge in [-0.15, -0.1) is 10.2 Å². The van der Waals surface area contributed by atoms with Gasteiger partial charge >= 0.3 is 5.97 Å². The number of piperidine rings is 1. The molecule has 6 heteroatoms. The molecule has 92 valence electrons. The van der Waals surface area contributed by atoms with E-state index in [-0.39, 0.29) is 5.69 Å². The van der Waals surface area contributed by atoms with E-state index in [4.69, 9.17) is 0 Å². The molecule has 17 heavy (non-hydrogen) atoms. The first-order valence-electron chi connectivity index (χ1n) is 5.69. The third kappa shape index (κ3) is 3.13. The summed E-state index contributed by atoms with van der Waals surface area (Å²) in [6, 6.07) is 3.79. The van der Waals surface area contributed by atoms with Crippen molar-refractivity contribution in [3.63, 3.8) is 0 Å². The lowest BCUT2D eigenvalue weighted by Gasteiger charge is -2.23. The maximum Gasteiger partial charge on any atom is 0.358 e. The molecule has 0 spiro atoms. The van der Waals surface area contributed by atoms with Crippen LogP contribution in [0, 0.1) is 0 Å². The minimum Gasteiger partial charge on any atom is -0.464 e. The van der Waals surface area contributed by atoms with Crippen LogP contribution in [-0.2, 0) is 4.74 Å². The molecule has 6 nitrogen and oxygen atoms in total. The highest BCUT2D eigenvalue weighted by atomic mass is 16.5. The summed E-state index contributed by atoms with van der Waals surface area (Å²) >= 11 is 0. The van der Waals surface area contributed by atoms with Crippen LogP contribution in [0.5, 0.6) is 0 Å². The molecule has 0 saturated carbocycles. The largest absolute Gasteiger partial charge is 0.464 e. The summed E-state index contributed by atoms with van der Waals surface area (Å²) in [5, 5.41) is 14.4. The Bertz CT molecular complexity index is 374. The van der Waals surface area contributed by atoms with Crippen LogP contribution in [0.2, 0.25) is 0 Å². The fourth-order valence-corrected chi connectivity index (χ4v) is 1.80. The van der Waals surface area contributed by atoms with Crippen molar-refractivity contribution in [3.8, 4) is 0 Å². The van der Waals surface area contributed by atoms with Gasteiger partial charge in [-0.3, -0.25) is 0 Å². The highest BCUT2D eigenvalue weighted by Gasteiger charge is 2.14. The quantitative estimate of drug-likeness (QED) is 0.741. The monoisotopic (exact) mass is 236 g/mol. The molecule has 1 fully saturated rings. The number of nitrogens with one attached hydrogen (secondary N) is 2. The van der Waals surface area contributed by atoms with E-state index in [0.717, 1.165) is 25.9 Å². The topological polar surface area (TPSA) is 76.1 Å². The zero-order valence-corrected chi connectivity index (χ0v) is 9.77. The van der Waals surface area contributed by atoms with E-state index in [1.807, 2.05) is 0 Å². The van der Waals surface area contributed by atoms with Gasteiger partial charge in [-0.1, -0.05) is 0 Å². The van der Waals surface area contributed by atoms with Crippen LogP contribution in [0.1, 0.15) is 23.3 Å². The third-order valence-electron chi connectivity index (χ3n) is 2.75. The fourth-order valence-electron chi connectivity index (χ4n) is 1.80. The molecule has 2 rings (SSSR count). The maximum atomic E-state index is 11.2. The summed E-state index contributed by atoms with van der Waals surface area (Å²) in [5.74, 6) is 0.232. The number of hydrogen-bond donors (Lipinski definition) is 2. The van der Waals surface area contributed by atoms with Crippen LogP contribution in [0.4, 0.5) is 5.82 Å². The predicted octanol–water partition coefficient (Wildman–Crippen LogP) is 0.427. The molecule has 0 unspecified atom stereocenters. The van der Waals surface area contributed by atoms with Gasteiger partial charge in [-0.25, -0.2) is 4.79 Å². The second-order valence-corrected chi connectivity index (χ2v) is 3.96. The Morgan fingerprint density at radius 3 is 2.76 bits per heavy atom. The van der Waals surface area contributed by atoms with Gasteiger partial charge in [0.15, 0.2) is 5.69 Å². The molecule has 0 aliphatic carbocycles. The number of methoxy groups -OCH3 is 1. The number of rotatable bonds is 3. The van der Waals surface area contributed by atoms with Crippen molar-refractivity contribution < 1.29 is 9.53 Å². The van der Waals surface area contributed by atoms with Crippen molar-refractivity contribution in [1.82, 2.24) is 15.5 Å². The minimum absolute atomic E-state index is 0.225. The van der Waals surface area contributed by atoms with Gasteiger partial charge in [0.05, 0.1) is 7.11 Å². The second-order valence-electron chi connectivity index (χ2n) is 3.96. The number of esters is 1. The summed E-state index contributed by atoms with van der Waals surface area (Å²) in [6.07, 6.45) is 2.14. The molecule has 1 aliphatic heterocycles. The van der Waals surface area contributed by atoms with E-state index in [2.05, 4.69) is 25.6 Å². The van der Waals surface area contributed by atoms with Gasteiger partial charge in [0.2, 0.25) is 0 Å². The zero-order valence-electron chi connectivity index (χ0n) is 9.77. The van der Waals surface area contributed by atoms with Crippen LogP contribution in [-0.4, -0.2) is 42.4 Å². The summed E-state index contributed by atoms with van der Waals surface area (Å²) in [4.78, 5) is 11.2. The van der Waals surface area contributed by atoms with Gasteiger partial charge in [-0.2, -0.15) is 0 Å². The zero-order chi connectivity index (χ0) is 12.1. The highest BCUT2D eigenvalue weighted by Crippen LogP contribution is 2.10. The van der Waals surface area contributed by atoms with E-state index < -0.39 is 5.97 Å². The molecule has 2 N–H and O–H groups in total. The van der Waals surface area contributed by atoms with Crippen LogP contribution in [0.15, 0.2) is 12.1 Å². The van der Waals surface area contributed by atoms with Crippen molar-refractivity contribution >= 4 is 11.8 Å². The van der Waals surface area contributed by atoms with Crippen LogP contribution >= 0.6 is 0 Å². The second kappa shape index (κ2) is 5.58. The van der Waals surface area contributed by atoms with Crippen molar-refractivity contribution in [2.75, 3.05) is 25.5 Å². The van der Waals surface area contributed by atoms with Crippen molar-refractivity contribution in [3.05, 3.63) is 17.8 Å². The number of carbonyl (C=O) groups excluding carboxylic acids is 1. The normalized spacial score (nSPS) is 16.5. The first kappa shape index (κ1) is 11.8. The molecule has 1 aromatic rings. The Morgan fingerprint density at radius 1 is 1.41 bits per heavy atom. The van der Waals surface area contributed by atoms with E-state index >= 15 is 0 Å². The van der Waals surface area contributed by atoms with Crippen molar-refractivity contribution in [2.45, 2.75) is 18.9 Å². The van der Waals surface area contributed by atoms with E-state index in [0.29, 0.717) is 11.9 Å². The van der Waals surface area contributed by atoms with E-state index in [9.17, 15) is 4.79 Å². The minimum atomic E-state index is -0.467. The number of hydrogen-bond acceptors (Lipinski definition) is 6. The molecule has 0 aromatic carbocycles. The number of anilines is 1. The van der Waals surface area contributed by atoms with Gasteiger partial charge < -0.3 is 15.4 Å². The Labute approximate surface area is 99.8 Å². The van der Waals surface area contributed by atoms with Crippen LogP contribution in [0.3, 0.4) is 0 Å². The first-order valence-corrected chi connectivity index (χ1v) is 5.69. The Balaban J connectivity index is 1.95. The average molecular weight is 236 g/mol. The van der Waals surface area contributed by atoms with Gasteiger partial charge in [0.25, 0.3) is 0 Å². The molecule has 2 heterocycles. The molecule has 1 aromatic heterocycles. The summed E-state index contributed by atoms with van der Waals surface area (Å²) < 4.78 is 4.56. The molecule has 1 aliphatic rings. The van der Waals surface area contributed by atoms with E-state index in [1.165, 1.54) is 7.11 Å². The van der Waals surface area contributed by atoms with Gasteiger partial charge in [0, 0.05) is 6.04 Å².